The lowest BCUT2D eigenvalue weighted by molar-refractivity contribution is 0.670. The second kappa shape index (κ2) is 12.9. The van der Waals surface area contributed by atoms with Crippen molar-refractivity contribution in [3.63, 3.8) is 0 Å². The average Bonchev–Trinajstić information content (AvgIpc) is 3.84. The van der Waals surface area contributed by atoms with E-state index < -0.39 is 0 Å². The van der Waals surface area contributed by atoms with E-state index in [1.54, 1.807) is 0 Å². The SMILES string of the molecule is c1ccc(-c2ccc(N(c3ccc(-c4cccc5c4oc4cc(-c6ccccc6)c6ccccc6c45)cc3)c3cccc4sc5ccccc5c34)cc2)cc1. The minimum atomic E-state index is 0.901. The van der Waals surface area contributed by atoms with Crippen LogP contribution in [0.3, 0.4) is 0 Å². The molecule has 0 saturated carbocycles. The van der Waals surface area contributed by atoms with Gasteiger partial charge in [-0.15, -0.1) is 11.3 Å². The molecule has 55 heavy (non-hydrogen) atoms. The van der Waals surface area contributed by atoms with Crippen LogP contribution in [0.4, 0.5) is 17.1 Å². The van der Waals surface area contributed by atoms with Crippen molar-refractivity contribution in [2.45, 2.75) is 0 Å². The minimum absolute atomic E-state index is 0.901. The zero-order valence-electron chi connectivity index (χ0n) is 29.8. The first-order chi connectivity index (χ1) is 27.3. The molecule has 0 spiro atoms. The Morgan fingerprint density at radius 2 is 0.909 bits per heavy atom. The Morgan fingerprint density at radius 1 is 0.364 bits per heavy atom. The van der Waals surface area contributed by atoms with Gasteiger partial charge in [0.1, 0.15) is 11.2 Å². The summed E-state index contributed by atoms with van der Waals surface area (Å²) < 4.78 is 9.42. The standard InChI is InChI=1S/C52H33NOS/c1-3-13-34(14-4-1)35-25-29-38(30-26-35)53(46-22-12-24-49-51(46)43-19-9-10-23-48(43)55-49)39-31-27-37(28-32-39)40-20-11-21-44-50-42-18-8-7-17-41(42)45(33-47(50)54-52(40)44)36-15-5-2-6-16-36/h1-33H. The van der Waals surface area contributed by atoms with Gasteiger partial charge in [0.2, 0.25) is 0 Å². The van der Waals surface area contributed by atoms with Crippen molar-refractivity contribution in [2.24, 2.45) is 0 Å². The van der Waals surface area contributed by atoms with E-state index in [9.17, 15) is 0 Å². The maximum atomic E-state index is 6.84. The van der Waals surface area contributed by atoms with Crippen molar-refractivity contribution in [2.75, 3.05) is 4.90 Å². The largest absolute Gasteiger partial charge is 0.455 e. The van der Waals surface area contributed by atoms with Crippen molar-refractivity contribution in [1.82, 2.24) is 0 Å². The maximum absolute atomic E-state index is 6.84. The number of rotatable bonds is 6. The van der Waals surface area contributed by atoms with Gasteiger partial charge in [0.25, 0.3) is 0 Å². The lowest BCUT2D eigenvalue weighted by Crippen LogP contribution is -2.10. The Hall–Kier alpha value is -6.94. The summed E-state index contributed by atoms with van der Waals surface area (Å²) >= 11 is 1.85. The van der Waals surface area contributed by atoms with Gasteiger partial charge in [-0.2, -0.15) is 0 Å². The van der Waals surface area contributed by atoms with Crippen LogP contribution >= 0.6 is 11.3 Å². The van der Waals surface area contributed by atoms with Gasteiger partial charge in [-0.05, 0) is 87.1 Å². The second-order valence-corrected chi connectivity index (χ2v) is 15.1. The maximum Gasteiger partial charge on any atom is 0.143 e. The predicted molar refractivity (Wildman–Crippen MR) is 235 cm³/mol. The highest BCUT2D eigenvalue weighted by molar-refractivity contribution is 7.26. The van der Waals surface area contributed by atoms with E-state index in [0.717, 1.165) is 50.1 Å². The van der Waals surface area contributed by atoms with Gasteiger partial charge in [0, 0.05) is 47.9 Å². The van der Waals surface area contributed by atoms with Crippen molar-refractivity contribution in [1.29, 1.82) is 0 Å². The predicted octanol–water partition coefficient (Wildman–Crippen LogP) is 15.6. The van der Waals surface area contributed by atoms with Gasteiger partial charge in [0.05, 0.1) is 5.69 Å². The molecule has 0 aliphatic heterocycles. The molecule has 0 aliphatic rings. The topological polar surface area (TPSA) is 16.4 Å². The van der Waals surface area contributed by atoms with Crippen LogP contribution in [-0.4, -0.2) is 0 Å². The summed E-state index contributed by atoms with van der Waals surface area (Å²) in [5.74, 6) is 0. The molecular weight excluding hydrogens is 687 g/mol. The van der Waals surface area contributed by atoms with E-state index in [0.29, 0.717) is 0 Å². The molecule has 0 fully saturated rings. The monoisotopic (exact) mass is 719 g/mol. The van der Waals surface area contributed by atoms with E-state index in [1.165, 1.54) is 53.2 Å². The third kappa shape index (κ3) is 5.24. The van der Waals surface area contributed by atoms with E-state index in [2.05, 4.69) is 205 Å². The molecule has 0 unspecified atom stereocenters. The van der Waals surface area contributed by atoms with Crippen LogP contribution < -0.4 is 4.90 Å². The summed E-state index contributed by atoms with van der Waals surface area (Å²) in [6.45, 7) is 0. The number of fused-ring (bicyclic) bond motifs is 8. The molecule has 2 heterocycles. The number of hydrogen-bond donors (Lipinski definition) is 0. The van der Waals surface area contributed by atoms with Gasteiger partial charge in [-0.1, -0.05) is 152 Å². The van der Waals surface area contributed by atoms with Crippen molar-refractivity contribution < 1.29 is 4.42 Å². The number of para-hydroxylation sites is 1. The smallest absolute Gasteiger partial charge is 0.143 e. The Bertz CT molecular complexity index is 3180. The van der Waals surface area contributed by atoms with Crippen molar-refractivity contribution in [3.05, 3.63) is 200 Å². The zero-order valence-corrected chi connectivity index (χ0v) is 30.6. The Balaban J connectivity index is 1.06. The number of benzene rings is 9. The molecular formula is C52H33NOS. The molecule has 2 aromatic heterocycles. The molecule has 2 nitrogen and oxygen atoms in total. The summed E-state index contributed by atoms with van der Waals surface area (Å²) in [5, 5.41) is 7.26. The van der Waals surface area contributed by atoms with Crippen molar-refractivity contribution >= 4 is 81.3 Å². The lowest BCUT2D eigenvalue weighted by atomic mass is 9.94. The molecule has 258 valence electrons. The summed E-state index contributed by atoms with van der Waals surface area (Å²) in [5.41, 5.74) is 12.1. The molecule has 3 heteroatoms. The van der Waals surface area contributed by atoms with Gasteiger partial charge in [-0.3, -0.25) is 0 Å². The summed E-state index contributed by atoms with van der Waals surface area (Å²) in [4.78, 5) is 2.40. The highest BCUT2D eigenvalue weighted by Gasteiger charge is 2.20. The molecule has 0 saturated heterocycles. The average molecular weight is 720 g/mol. The summed E-state index contributed by atoms with van der Waals surface area (Å²) in [6.07, 6.45) is 0. The van der Waals surface area contributed by atoms with Crippen LogP contribution in [0, 0.1) is 0 Å². The zero-order chi connectivity index (χ0) is 36.3. The number of thiophene rings is 1. The third-order valence-electron chi connectivity index (χ3n) is 10.9. The van der Waals surface area contributed by atoms with Crippen LogP contribution in [0.25, 0.3) is 86.3 Å². The number of furan rings is 1. The molecule has 0 aliphatic carbocycles. The molecule has 11 rings (SSSR count). The van der Waals surface area contributed by atoms with Crippen LogP contribution in [0.15, 0.2) is 205 Å². The highest BCUT2D eigenvalue weighted by atomic mass is 32.1. The second-order valence-electron chi connectivity index (χ2n) is 14.0. The fourth-order valence-corrected chi connectivity index (χ4v) is 9.47. The first-order valence-corrected chi connectivity index (χ1v) is 19.5. The van der Waals surface area contributed by atoms with Crippen molar-refractivity contribution in [3.8, 4) is 33.4 Å². The van der Waals surface area contributed by atoms with E-state index in [4.69, 9.17) is 4.42 Å². The lowest BCUT2D eigenvalue weighted by Gasteiger charge is -2.27. The van der Waals surface area contributed by atoms with Crippen LogP contribution in [0.1, 0.15) is 0 Å². The Labute approximate surface area is 322 Å². The fraction of sp³-hybridized carbons (Fsp3) is 0. The number of nitrogens with zero attached hydrogens (tertiary/aromatic N) is 1. The molecule has 0 bridgehead atoms. The van der Waals surface area contributed by atoms with Crippen LogP contribution in [-0.2, 0) is 0 Å². The molecule has 0 atom stereocenters. The summed E-state index contributed by atoms with van der Waals surface area (Å²) in [6, 6.07) is 71.9. The molecule has 0 radical (unpaired) electrons. The molecule has 0 N–H and O–H groups in total. The molecule has 11 aromatic rings. The van der Waals surface area contributed by atoms with E-state index in [1.807, 2.05) is 11.3 Å². The first kappa shape index (κ1) is 31.6. The normalized spacial score (nSPS) is 11.6. The van der Waals surface area contributed by atoms with Gasteiger partial charge in [-0.25, -0.2) is 0 Å². The highest BCUT2D eigenvalue weighted by Crippen LogP contribution is 2.46. The van der Waals surface area contributed by atoms with E-state index >= 15 is 0 Å². The quantitative estimate of drug-likeness (QED) is 0.170. The van der Waals surface area contributed by atoms with Gasteiger partial charge >= 0.3 is 0 Å². The first-order valence-electron chi connectivity index (χ1n) is 18.7. The molecule has 9 aromatic carbocycles. The van der Waals surface area contributed by atoms with Crippen LogP contribution in [0.5, 0.6) is 0 Å². The third-order valence-corrected chi connectivity index (χ3v) is 12.0. The van der Waals surface area contributed by atoms with Gasteiger partial charge < -0.3 is 9.32 Å². The van der Waals surface area contributed by atoms with Crippen LogP contribution in [0.2, 0.25) is 0 Å². The summed E-state index contributed by atoms with van der Waals surface area (Å²) in [7, 11) is 0. The fourth-order valence-electron chi connectivity index (χ4n) is 8.34. The number of hydrogen-bond acceptors (Lipinski definition) is 3. The van der Waals surface area contributed by atoms with Gasteiger partial charge in [0.15, 0.2) is 0 Å². The molecule has 0 amide bonds. The Kier molecular flexibility index (Phi) is 7.39. The number of anilines is 3. The Morgan fingerprint density at radius 3 is 1.65 bits per heavy atom. The van der Waals surface area contributed by atoms with E-state index in [-0.39, 0.29) is 0 Å². The minimum Gasteiger partial charge on any atom is -0.455 e.